The van der Waals surface area contributed by atoms with Crippen molar-refractivity contribution in [1.29, 1.82) is 0 Å². The van der Waals surface area contributed by atoms with Crippen molar-refractivity contribution in [3.05, 3.63) is 22.6 Å². The smallest absolute Gasteiger partial charge is 0.247 e. The van der Waals surface area contributed by atoms with Crippen molar-refractivity contribution in [2.24, 2.45) is 0 Å². The van der Waals surface area contributed by atoms with Gasteiger partial charge in [-0.1, -0.05) is 6.42 Å². The van der Waals surface area contributed by atoms with Gasteiger partial charge in [0, 0.05) is 16.6 Å². The lowest BCUT2D eigenvalue weighted by Gasteiger charge is -2.21. The van der Waals surface area contributed by atoms with Crippen LogP contribution in [0.15, 0.2) is 21.2 Å². The van der Waals surface area contributed by atoms with Gasteiger partial charge in [0.15, 0.2) is 0 Å². The van der Waals surface area contributed by atoms with E-state index in [2.05, 4.69) is 25.9 Å². The Morgan fingerprint density at radius 2 is 2.29 bits per heavy atom. The second-order valence-electron chi connectivity index (χ2n) is 3.66. The normalized spacial score (nSPS) is 17.2. The molecule has 72 valence electrons. The zero-order valence-corrected chi connectivity index (χ0v) is 9.12. The number of halogens is 1. The molecule has 2 aromatic heterocycles. The summed E-state index contributed by atoms with van der Waals surface area (Å²) in [7, 11) is 0. The lowest BCUT2D eigenvalue weighted by atomic mass is 9.85. The molecule has 3 rings (SSSR count). The van der Waals surface area contributed by atoms with Gasteiger partial charge in [-0.15, -0.1) is 0 Å². The van der Waals surface area contributed by atoms with Gasteiger partial charge in [-0.2, -0.15) is 0 Å². The zero-order valence-electron chi connectivity index (χ0n) is 7.53. The molecule has 1 saturated carbocycles. The average Bonchev–Trinajstić information content (AvgIpc) is 2.43. The summed E-state index contributed by atoms with van der Waals surface area (Å²) in [6, 6.07) is 1.94. The number of aromatic nitrogens is 2. The second kappa shape index (κ2) is 3.05. The number of oxazole rings is 1. The molecule has 14 heavy (non-hydrogen) atoms. The third-order valence-electron chi connectivity index (χ3n) is 2.69. The van der Waals surface area contributed by atoms with Crippen LogP contribution in [0, 0.1) is 0 Å². The minimum absolute atomic E-state index is 0.531. The van der Waals surface area contributed by atoms with E-state index in [1.54, 1.807) is 6.20 Å². The molecule has 0 aromatic carbocycles. The highest BCUT2D eigenvalue weighted by Gasteiger charge is 2.24. The first-order valence-corrected chi connectivity index (χ1v) is 5.54. The number of pyridine rings is 1. The van der Waals surface area contributed by atoms with E-state index < -0.39 is 0 Å². The fraction of sp³-hybridized carbons (Fsp3) is 0.400. The molecular formula is C10H9BrN2O. The van der Waals surface area contributed by atoms with E-state index >= 15 is 0 Å². The molecule has 1 fully saturated rings. The van der Waals surface area contributed by atoms with Gasteiger partial charge in [0.05, 0.1) is 0 Å². The number of fused-ring (bicyclic) bond motifs is 1. The van der Waals surface area contributed by atoms with E-state index in [9.17, 15) is 0 Å². The number of rotatable bonds is 1. The second-order valence-corrected chi connectivity index (χ2v) is 4.57. The van der Waals surface area contributed by atoms with E-state index in [4.69, 9.17) is 4.42 Å². The summed E-state index contributed by atoms with van der Waals surface area (Å²) in [5, 5.41) is 0. The van der Waals surface area contributed by atoms with Crippen LogP contribution in [-0.2, 0) is 0 Å². The van der Waals surface area contributed by atoms with Gasteiger partial charge in [-0.05, 0) is 34.8 Å². The molecule has 0 saturated heterocycles. The Labute approximate surface area is 89.7 Å². The Hall–Kier alpha value is -0.900. The topological polar surface area (TPSA) is 38.9 Å². The highest BCUT2D eigenvalue weighted by Crippen LogP contribution is 2.36. The van der Waals surface area contributed by atoms with Crippen molar-refractivity contribution in [2.45, 2.75) is 25.2 Å². The molecule has 1 aliphatic carbocycles. The molecule has 2 aromatic rings. The molecule has 0 aliphatic heterocycles. The van der Waals surface area contributed by atoms with E-state index in [1.807, 2.05) is 6.07 Å². The molecule has 0 radical (unpaired) electrons. The van der Waals surface area contributed by atoms with Crippen LogP contribution in [-0.4, -0.2) is 9.97 Å². The number of hydrogen-bond acceptors (Lipinski definition) is 3. The van der Waals surface area contributed by atoms with Crippen LogP contribution >= 0.6 is 15.9 Å². The quantitative estimate of drug-likeness (QED) is 0.782. The van der Waals surface area contributed by atoms with E-state index in [0.717, 1.165) is 15.9 Å². The third-order valence-corrected chi connectivity index (χ3v) is 3.12. The Morgan fingerprint density at radius 3 is 3.00 bits per heavy atom. The average molecular weight is 253 g/mol. The van der Waals surface area contributed by atoms with Crippen LogP contribution in [0.1, 0.15) is 31.1 Å². The summed E-state index contributed by atoms with van der Waals surface area (Å²) in [6.45, 7) is 0. The van der Waals surface area contributed by atoms with Crippen LogP contribution in [0.25, 0.3) is 11.2 Å². The highest BCUT2D eigenvalue weighted by molar-refractivity contribution is 9.10. The van der Waals surface area contributed by atoms with Gasteiger partial charge in [0.1, 0.15) is 5.52 Å². The molecule has 1 aliphatic rings. The first-order chi connectivity index (χ1) is 6.83. The summed E-state index contributed by atoms with van der Waals surface area (Å²) in [5.41, 5.74) is 1.50. The van der Waals surface area contributed by atoms with Crippen LogP contribution in [0.2, 0.25) is 0 Å². The summed E-state index contributed by atoms with van der Waals surface area (Å²) >= 11 is 3.37. The lowest BCUT2D eigenvalue weighted by molar-refractivity contribution is 0.342. The first kappa shape index (κ1) is 8.41. The molecule has 0 atom stereocenters. The van der Waals surface area contributed by atoms with Crippen LogP contribution < -0.4 is 0 Å². The predicted octanol–water partition coefficient (Wildman–Crippen LogP) is 3.25. The molecule has 3 nitrogen and oxygen atoms in total. The van der Waals surface area contributed by atoms with Gasteiger partial charge in [0.25, 0.3) is 0 Å². The van der Waals surface area contributed by atoms with Crippen molar-refractivity contribution in [3.63, 3.8) is 0 Å². The summed E-state index contributed by atoms with van der Waals surface area (Å²) in [5.74, 6) is 1.39. The Balaban J connectivity index is 2.10. The Kier molecular flexibility index (Phi) is 1.83. The number of hydrogen-bond donors (Lipinski definition) is 0. The molecule has 0 amide bonds. The van der Waals surface area contributed by atoms with Crippen molar-refractivity contribution in [1.82, 2.24) is 9.97 Å². The van der Waals surface area contributed by atoms with Crippen molar-refractivity contribution < 1.29 is 4.42 Å². The lowest BCUT2D eigenvalue weighted by Crippen LogP contribution is -2.08. The van der Waals surface area contributed by atoms with E-state index in [-0.39, 0.29) is 0 Å². The largest absolute Gasteiger partial charge is 0.422 e. The van der Waals surface area contributed by atoms with Gasteiger partial charge >= 0.3 is 0 Å². The molecule has 2 heterocycles. The summed E-state index contributed by atoms with van der Waals surface area (Å²) < 4.78 is 6.53. The maximum Gasteiger partial charge on any atom is 0.247 e. The Bertz CT molecular complexity index is 476. The summed E-state index contributed by atoms with van der Waals surface area (Å²) in [6.07, 6.45) is 5.43. The fourth-order valence-electron chi connectivity index (χ4n) is 1.65. The molecular weight excluding hydrogens is 244 g/mol. The van der Waals surface area contributed by atoms with Gasteiger partial charge in [-0.25, -0.2) is 9.97 Å². The monoisotopic (exact) mass is 252 g/mol. The van der Waals surface area contributed by atoms with Crippen LogP contribution in [0.3, 0.4) is 0 Å². The standard InChI is InChI=1S/C10H9BrN2O/c11-7-4-8-10(12-5-7)14-9(13-8)6-2-1-3-6/h4-6H,1-3H2. The fourth-order valence-corrected chi connectivity index (χ4v) is 1.96. The molecule has 0 N–H and O–H groups in total. The van der Waals surface area contributed by atoms with Crippen LogP contribution in [0.4, 0.5) is 0 Å². The first-order valence-electron chi connectivity index (χ1n) is 4.75. The van der Waals surface area contributed by atoms with Crippen molar-refractivity contribution in [3.8, 4) is 0 Å². The zero-order chi connectivity index (χ0) is 9.54. The van der Waals surface area contributed by atoms with Crippen molar-refractivity contribution >= 4 is 27.2 Å². The Morgan fingerprint density at radius 1 is 1.43 bits per heavy atom. The van der Waals surface area contributed by atoms with Crippen molar-refractivity contribution in [2.75, 3.05) is 0 Å². The van der Waals surface area contributed by atoms with E-state index in [1.165, 1.54) is 19.3 Å². The minimum Gasteiger partial charge on any atom is -0.422 e. The molecule has 0 bridgehead atoms. The van der Waals surface area contributed by atoms with Crippen LogP contribution in [0.5, 0.6) is 0 Å². The maximum atomic E-state index is 5.58. The van der Waals surface area contributed by atoms with Gasteiger partial charge in [0.2, 0.25) is 11.6 Å². The summed E-state index contributed by atoms with van der Waals surface area (Å²) in [4.78, 5) is 8.60. The maximum absolute atomic E-state index is 5.58. The number of nitrogens with zero attached hydrogens (tertiary/aromatic N) is 2. The highest BCUT2D eigenvalue weighted by atomic mass is 79.9. The third kappa shape index (κ3) is 1.25. The van der Waals surface area contributed by atoms with Gasteiger partial charge in [-0.3, -0.25) is 0 Å². The van der Waals surface area contributed by atoms with E-state index in [0.29, 0.717) is 11.6 Å². The molecule has 0 unspecified atom stereocenters. The SMILES string of the molecule is Brc1cnc2oc(C3CCC3)nc2c1. The molecule has 4 heteroatoms. The minimum atomic E-state index is 0.531. The molecule has 0 spiro atoms. The van der Waals surface area contributed by atoms with Gasteiger partial charge < -0.3 is 4.42 Å². The predicted molar refractivity (Wildman–Crippen MR) is 56.1 cm³/mol.